The molecule has 1 aliphatic rings. The lowest BCUT2D eigenvalue weighted by molar-refractivity contribution is 0.0140. The zero-order valence-electron chi connectivity index (χ0n) is 14.7. The Hall–Kier alpha value is -1.89. The van der Waals surface area contributed by atoms with Crippen molar-refractivity contribution in [3.8, 4) is 0 Å². The molecular formula is C17H21ClF2N2O3. The Kier molecular flexibility index (Phi) is 5.56. The molecule has 1 saturated heterocycles. The lowest BCUT2D eigenvalue weighted by atomic mass is 10.1. The number of benzene rings is 1. The van der Waals surface area contributed by atoms with E-state index in [0.29, 0.717) is 0 Å². The number of piperazine rings is 1. The van der Waals surface area contributed by atoms with Crippen molar-refractivity contribution in [2.75, 3.05) is 26.2 Å². The number of hydrogen-bond acceptors (Lipinski definition) is 3. The molecule has 0 N–H and O–H groups in total. The van der Waals surface area contributed by atoms with E-state index in [1.807, 2.05) is 0 Å². The smallest absolute Gasteiger partial charge is 0.410 e. The van der Waals surface area contributed by atoms with Crippen LogP contribution in [0.25, 0.3) is 0 Å². The van der Waals surface area contributed by atoms with Crippen LogP contribution in [0.1, 0.15) is 36.7 Å². The third kappa shape index (κ3) is 4.39. The van der Waals surface area contributed by atoms with Gasteiger partial charge in [0, 0.05) is 31.7 Å². The second-order valence-electron chi connectivity index (χ2n) is 6.92. The molecule has 0 aromatic heterocycles. The van der Waals surface area contributed by atoms with E-state index in [0.717, 1.165) is 6.07 Å². The number of amides is 2. The number of ether oxygens (including phenoxy) is 1. The molecule has 0 spiro atoms. The fraction of sp³-hybridized carbons (Fsp3) is 0.529. The third-order valence-corrected chi connectivity index (χ3v) is 4.29. The maximum atomic E-state index is 14.2. The van der Waals surface area contributed by atoms with Crippen molar-refractivity contribution >= 4 is 23.6 Å². The largest absolute Gasteiger partial charge is 0.444 e. The van der Waals surface area contributed by atoms with E-state index in [9.17, 15) is 18.4 Å². The summed E-state index contributed by atoms with van der Waals surface area (Å²) in [5.74, 6) is -2.32. The van der Waals surface area contributed by atoms with Crippen LogP contribution in [0.3, 0.4) is 0 Å². The summed E-state index contributed by atoms with van der Waals surface area (Å²) in [6.07, 6.45) is -0.463. The fourth-order valence-electron chi connectivity index (χ4n) is 2.43. The van der Waals surface area contributed by atoms with Gasteiger partial charge in [-0.3, -0.25) is 4.79 Å². The first kappa shape index (κ1) is 19.4. The average molecular weight is 375 g/mol. The van der Waals surface area contributed by atoms with E-state index in [-0.39, 0.29) is 31.7 Å². The fourth-order valence-corrected chi connectivity index (χ4v) is 2.62. The molecule has 8 heteroatoms. The Balaban J connectivity index is 2.06. The molecule has 1 heterocycles. The van der Waals surface area contributed by atoms with Gasteiger partial charge in [0.15, 0.2) is 5.82 Å². The predicted molar refractivity (Wildman–Crippen MR) is 89.8 cm³/mol. The quantitative estimate of drug-likeness (QED) is 0.705. The molecule has 0 radical (unpaired) electrons. The molecule has 5 nitrogen and oxygen atoms in total. The average Bonchev–Trinajstić information content (AvgIpc) is 2.54. The molecule has 0 saturated carbocycles. The summed E-state index contributed by atoms with van der Waals surface area (Å²) < 4.78 is 33.3. The zero-order chi connectivity index (χ0) is 18.9. The summed E-state index contributed by atoms with van der Waals surface area (Å²) >= 11 is 5.74. The van der Waals surface area contributed by atoms with Crippen molar-refractivity contribution in [1.29, 1.82) is 0 Å². The van der Waals surface area contributed by atoms with Crippen molar-refractivity contribution < 1.29 is 23.1 Å². The first-order chi connectivity index (χ1) is 11.5. The monoisotopic (exact) mass is 374 g/mol. The minimum Gasteiger partial charge on any atom is -0.444 e. The molecule has 25 heavy (non-hydrogen) atoms. The number of rotatable bonds is 1. The molecule has 0 atom stereocenters. The van der Waals surface area contributed by atoms with E-state index in [1.54, 1.807) is 20.8 Å². The number of carbonyl (C=O) groups is 2. The van der Waals surface area contributed by atoms with E-state index in [4.69, 9.17) is 16.3 Å². The number of nitrogens with zero attached hydrogens (tertiary/aromatic N) is 2. The lowest BCUT2D eigenvalue weighted by Gasteiger charge is -2.35. The Morgan fingerprint density at radius 3 is 2.16 bits per heavy atom. The van der Waals surface area contributed by atoms with Gasteiger partial charge < -0.3 is 14.5 Å². The van der Waals surface area contributed by atoms with Gasteiger partial charge in [-0.05, 0) is 33.8 Å². The molecule has 2 rings (SSSR count). The molecule has 1 aliphatic heterocycles. The molecule has 2 amide bonds. The Morgan fingerprint density at radius 2 is 1.64 bits per heavy atom. The van der Waals surface area contributed by atoms with Crippen LogP contribution in [0.4, 0.5) is 13.6 Å². The highest BCUT2D eigenvalue weighted by molar-refractivity contribution is 6.31. The van der Waals surface area contributed by atoms with Crippen LogP contribution in [0.15, 0.2) is 6.07 Å². The van der Waals surface area contributed by atoms with Crippen molar-refractivity contribution in [2.24, 2.45) is 0 Å². The Morgan fingerprint density at radius 1 is 1.12 bits per heavy atom. The minimum atomic E-state index is -0.930. The van der Waals surface area contributed by atoms with Gasteiger partial charge in [-0.2, -0.15) is 0 Å². The van der Waals surface area contributed by atoms with Gasteiger partial charge in [-0.25, -0.2) is 13.6 Å². The van der Waals surface area contributed by atoms with E-state index in [2.05, 4.69) is 0 Å². The summed E-state index contributed by atoms with van der Waals surface area (Å²) in [6.45, 7) is 7.55. The number of hydrogen-bond donors (Lipinski definition) is 0. The maximum Gasteiger partial charge on any atom is 0.410 e. The lowest BCUT2D eigenvalue weighted by Crippen LogP contribution is -2.51. The molecule has 1 fully saturated rings. The van der Waals surface area contributed by atoms with Gasteiger partial charge in [0.1, 0.15) is 11.4 Å². The first-order valence-corrected chi connectivity index (χ1v) is 8.30. The van der Waals surface area contributed by atoms with Crippen LogP contribution in [0.2, 0.25) is 5.02 Å². The summed E-state index contributed by atoms with van der Waals surface area (Å²) in [5, 5.41) is -0.393. The molecule has 1 aromatic rings. The van der Waals surface area contributed by atoms with E-state index < -0.39 is 39.8 Å². The normalized spacial score (nSPS) is 15.3. The van der Waals surface area contributed by atoms with Gasteiger partial charge >= 0.3 is 6.09 Å². The molecular weight excluding hydrogens is 354 g/mol. The van der Waals surface area contributed by atoms with Crippen LogP contribution < -0.4 is 0 Å². The van der Waals surface area contributed by atoms with Crippen LogP contribution in [0.5, 0.6) is 0 Å². The van der Waals surface area contributed by atoms with Crippen molar-refractivity contribution in [2.45, 2.75) is 33.3 Å². The number of carbonyl (C=O) groups excluding carboxylic acids is 2. The topological polar surface area (TPSA) is 49.9 Å². The van der Waals surface area contributed by atoms with Gasteiger partial charge in [-0.15, -0.1) is 0 Å². The summed E-state index contributed by atoms with van der Waals surface area (Å²) in [4.78, 5) is 27.3. The Bertz CT molecular complexity index is 696. The van der Waals surface area contributed by atoms with Gasteiger partial charge in [0.2, 0.25) is 0 Å². The second kappa shape index (κ2) is 7.15. The highest BCUT2D eigenvalue weighted by Gasteiger charge is 2.30. The molecule has 138 valence electrons. The van der Waals surface area contributed by atoms with Crippen molar-refractivity contribution in [1.82, 2.24) is 9.80 Å². The Labute approximate surface area is 150 Å². The highest BCUT2D eigenvalue weighted by Crippen LogP contribution is 2.26. The first-order valence-electron chi connectivity index (χ1n) is 7.92. The summed E-state index contributed by atoms with van der Waals surface area (Å²) in [7, 11) is 0. The van der Waals surface area contributed by atoms with Crippen molar-refractivity contribution in [3.05, 3.63) is 33.9 Å². The second-order valence-corrected chi connectivity index (χ2v) is 7.30. The molecule has 1 aromatic carbocycles. The van der Waals surface area contributed by atoms with Crippen molar-refractivity contribution in [3.63, 3.8) is 0 Å². The zero-order valence-corrected chi connectivity index (χ0v) is 15.4. The van der Waals surface area contributed by atoms with E-state index in [1.165, 1.54) is 16.7 Å². The van der Waals surface area contributed by atoms with Crippen LogP contribution in [-0.4, -0.2) is 53.6 Å². The molecule has 0 bridgehead atoms. The summed E-state index contributed by atoms with van der Waals surface area (Å²) in [6, 6.07) is 0.860. The van der Waals surface area contributed by atoms with Crippen LogP contribution in [0, 0.1) is 18.6 Å². The molecule has 0 unspecified atom stereocenters. The van der Waals surface area contributed by atoms with Gasteiger partial charge in [0.25, 0.3) is 5.91 Å². The third-order valence-electron chi connectivity index (χ3n) is 3.84. The van der Waals surface area contributed by atoms with E-state index >= 15 is 0 Å². The van der Waals surface area contributed by atoms with Crippen LogP contribution >= 0.6 is 11.6 Å². The SMILES string of the molecule is Cc1c(F)cc(C(=O)N2CCN(C(=O)OC(C)(C)C)CC2)c(F)c1Cl. The van der Waals surface area contributed by atoms with Gasteiger partial charge in [-0.1, -0.05) is 11.6 Å². The predicted octanol–water partition coefficient (Wildman–Crippen LogP) is 3.62. The number of halogens is 3. The summed E-state index contributed by atoms with van der Waals surface area (Å²) in [5.41, 5.74) is -1.05. The van der Waals surface area contributed by atoms with Gasteiger partial charge in [0.05, 0.1) is 10.6 Å². The minimum absolute atomic E-state index is 0.0366. The molecule has 0 aliphatic carbocycles. The van der Waals surface area contributed by atoms with Crippen LogP contribution in [-0.2, 0) is 4.74 Å². The standard InChI is InChI=1S/C17H21ClF2N2O3/c1-10-12(19)9-11(14(20)13(10)18)15(23)21-5-7-22(8-6-21)16(24)25-17(2,3)4/h9H,5-8H2,1-4H3. The highest BCUT2D eigenvalue weighted by atomic mass is 35.5. The maximum absolute atomic E-state index is 14.2.